The van der Waals surface area contributed by atoms with Crippen molar-refractivity contribution in [2.75, 3.05) is 33.2 Å². The lowest BCUT2D eigenvalue weighted by Gasteiger charge is -2.17. The van der Waals surface area contributed by atoms with Crippen LogP contribution in [0.25, 0.3) is 5.57 Å². The molecule has 1 aliphatic heterocycles. The molecule has 3 rings (SSSR count). The van der Waals surface area contributed by atoms with Gasteiger partial charge >= 0.3 is 0 Å². The van der Waals surface area contributed by atoms with Crippen LogP contribution >= 0.6 is 11.6 Å². The molecule has 2 amide bonds. The highest BCUT2D eigenvalue weighted by Gasteiger charge is 2.39. The topological polar surface area (TPSA) is 77.1 Å². The summed E-state index contributed by atoms with van der Waals surface area (Å²) in [7, 11) is 4.57. The summed E-state index contributed by atoms with van der Waals surface area (Å²) in [6.45, 7) is 4.21. The first kappa shape index (κ1) is 22.5. The maximum absolute atomic E-state index is 13.3. The molecule has 2 aromatic carbocycles. The Kier molecular flexibility index (Phi) is 6.75. The van der Waals surface area contributed by atoms with E-state index in [0.717, 1.165) is 0 Å². The van der Waals surface area contributed by atoms with Crippen molar-refractivity contribution >= 4 is 34.7 Å². The molecule has 0 aromatic heterocycles. The van der Waals surface area contributed by atoms with Crippen LogP contribution in [-0.4, -0.2) is 44.6 Å². The van der Waals surface area contributed by atoms with Gasteiger partial charge in [-0.15, -0.1) is 0 Å². The van der Waals surface area contributed by atoms with E-state index in [2.05, 4.69) is 5.32 Å². The number of hydrogen-bond donors (Lipinski definition) is 1. The van der Waals surface area contributed by atoms with E-state index in [4.69, 9.17) is 25.8 Å². The number of carbonyl (C=O) groups is 2. The number of nitrogens with zero attached hydrogens (tertiary/aromatic N) is 1. The van der Waals surface area contributed by atoms with Gasteiger partial charge in [0.2, 0.25) is 0 Å². The van der Waals surface area contributed by atoms with Gasteiger partial charge in [-0.3, -0.25) is 14.5 Å². The second kappa shape index (κ2) is 9.31. The molecule has 164 valence electrons. The highest BCUT2D eigenvalue weighted by Crippen LogP contribution is 2.36. The van der Waals surface area contributed by atoms with Crippen LogP contribution in [0.3, 0.4) is 0 Å². The molecule has 1 aliphatic rings. The molecule has 0 aliphatic carbocycles. The Bertz CT molecular complexity index is 1050. The number of anilines is 1. The van der Waals surface area contributed by atoms with Crippen LogP contribution in [0.15, 0.2) is 42.1 Å². The number of benzene rings is 2. The molecule has 2 aromatic rings. The molecule has 0 saturated heterocycles. The molecule has 0 saturated carbocycles. The van der Waals surface area contributed by atoms with Crippen molar-refractivity contribution in [1.29, 1.82) is 0 Å². The Balaban J connectivity index is 2.10. The first-order chi connectivity index (χ1) is 14.8. The molecule has 0 radical (unpaired) electrons. The van der Waals surface area contributed by atoms with Gasteiger partial charge in [-0.25, -0.2) is 0 Å². The van der Waals surface area contributed by atoms with Gasteiger partial charge in [0.05, 0.1) is 31.9 Å². The smallest absolute Gasteiger partial charge is 0.278 e. The van der Waals surface area contributed by atoms with E-state index < -0.39 is 5.91 Å². The van der Waals surface area contributed by atoms with Crippen LogP contribution in [0.5, 0.6) is 17.2 Å². The minimum atomic E-state index is -0.393. The van der Waals surface area contributed by atoms with Gasteiger partial charge < -0.3 is 19.5 Å². The summed E-state index contributed by atoms with van der Waals surface area (Å²) >= 11 is 6.23. The Morgan fingerprint density at radius 3 is 2.13 bits per heavy atom. The molecule has 0 atom stereocenters. The summed E-state index contributed by atoms with van der Waals surface area (Å²) < 4.78 is 15.8. The Labute approximate surface area is 186 Å². The number of methoxy groups -OCH3 is 3. The summed E-state index contributed by atoms with van der Waals surface area (Å²) in [4.78, 5) is 27.7. The van der Waals surface area contributed by atoms with Crippen molar-refractivity contribution in [3.8, 4) is 17.2 Å². The first-order valence-electron chi connectivity index (χ1n) is 9.74. The summed E-state index contributed by atoms with van der Waals surface area (Å²) in [6.07, 6.45) is 0. The Hall–Kier alpha value is -3.19. The summed E-state index contributed by atoms with van der Waals surface area (Å²) in [5, 5.41) is 3.47. The standard InChI is InChI=1S/C23H25ClN2O5/c1-13(2)12-26-22(27)20(14-6-8-18(30-4)19(10-14)31-5)21(23(26)28)25-15-7-9-17(29-3)16(24)11-15/h6-11,13,25H,12H2,1-5H3. The molecule has 8 heteroatoms. The van der Waals surface area contributed by atoms with Gasteiger partial charge in [0.15, 0.2) is 11.5 Å². The Morgan fingerprint density at radius 1 is 0.903 bits per heavy atom. The van der Waals surface area contributed by atoms with E-state index in [1.807, 2.05) is 13.8 Å². The van der Waals surface area contributed by atoms with E-state index in [-0.39, 0.29) is 23.1 Å². The highest BCUT2D eigenvalue weighted by atomic mass is 35.5. The summed E-state index contributed by atoms with van der Waals surface area (Å²) in [5.74, 6) is 0.857. The van der Waals surface area contributed by atoms with Crippen molar-refractivity contribution in [2.24, 2.45) is 5.92 Å². The van der Waals surface area contributed by atoms with Gasteiger partial charge in [0, 0.05) is 12.2 Å². The molecule has 7 nitrogen and oxygen atoms in total. The maximum Gasteiger partial charge on any atom is 0.278 e. The quantitative estimate of drug-likeness (QED) is 0.614. The zero-order valence-electron chi connectivity index (χ0n) is 18.1. The minimum Gasteiger partial charge on any atom is -0.495 e. The molecule has 31 heavy (non-hydrogen) atoms. The fourth-order valence-electron chi connectivity index (χ4n) is 3.37. The summed E-state index contributed by atoms with van der Waals surface area (Å²) in [5.41, 5.74) is 1.55. The van der Waals surface area contributed by atoms with E-state index in [9.17, 15) is 9.59 Å². The lowest BCUT2D eigenvalue weighted by atomic mass is 10.0. The number of rotatable bonds is 8. The van der Waals surface area contributed by atoms with E-state index in [0.29, 0.717) is 40.1 Å². The molecule has 0 spiro atoms. The minimum absolute atomic E-state index is 0.120. The van der Waals surface area contributed by atoms with Crippen LogP contribution in [-0.2, 0) is 9.59 Å². The maximum atomic E-state index is 13.3. The predicted octanol–water partition coefficient (Wildman–Crippen LogP) is 4.21. The normalized spacial score (nSPS) is 13.8. The fraction of sp³-hybridized carbons (Fsp3) is 0.304. The van der Waals surface area contributed by atoms with Crippen molar-refractivity contribution in [3.63, 3.8) is 0 Å². The van der Waals surface area contributed by atoms with Crippen LogP contribution in [0.2, 0.25) is 5.02 Å². The SMILES string of the molecule is COc1ccc(NC2=C(c3ccc(OC)c(OC)c3)C(=O)N(CC(C)C)C2=O)cc1Cl. The monoisotopic (exact) mass is 444 g/mol. The lowest BCUT2D eigenvalue weighted by Crippen LogP contribution is -2.35. The highest BCUT2D eigenvalue weighted by molar-refractivity contribution is 6.36. The molecule has 0 fully saturated rings. The second-order valence-corrected chi connectivity index (χ2v) is 7.82. The molecule has 0 unspecified atom stereocenters. The van der Waals surface area contributed by atoms with Crippen LogP contribution in [0.4, 0.5) is 5.69 Å². The summed E-state index contributed by atoms with van der Waals surface area (Å²) in [6, 6.07) is 10.2. The fourth-order valence-corrected chi connectivity index (χ4v) is 3.63. The zero-order valence-corrected chi connectivity index (χ0v) is 18.9. The van der Waals surface area contributed by atoms with Crippen LogP contribution in [0, 0.1) is 5.92 Å². The molecule has 1 N–H and O–H groups in total. The number of imide groups is 1. The molecular weight excluding hydrogens is 420 g/mol. The lowest BCUT2D eigenvalue weighted by molar-refractivity contribution is -0.137. The third-order valence-corrected chi connectivity index (χ3v) is 5.10. The average molecular weight is 445 g/mol. The van der Waals surface area contributed by atoms with Crippen molar-refractivity contribution < 1.29 is 23.8 Å². The third kappa shape index (κ3) is 4.46. The molecule has 1 heterocycles. The molecule has 0 bridgehead atoms. The second-order valence-electron chi connectivity index (χ2n) is 7.41. The molecular formula is C23H25ClN2O5. The average Bonchev–Trinajstić information content (AvgIpc) is 2.97. The van der Waals surface area contributed by atoms with E-state index >= 15 is 0 Å². The van der Waals surface area contributed by atoms with Crippen LogP contribution < -0.4 is 19.5 Å². The predicted molar refractivity (Wildman–Crippen MR) is 120 cm³/mol. The number of carbonyl (C=O) groups excluding carboxylic acids is 2. The van der Waals surface area contributed by atoms with E-state index in [1.165, 1.54) is 26.2 Å². The van der Waals surface area contributed by atoms with Crippen molar-refractivity contribution in [3.05, 3.63) is 52.7 Å². The van der Waals surface area contributed by atoms with Gasteiger partial charge in [0.25, 0.3) is 11.8 Å². The largest absolute Gasteiger partial charge is 0.495 e. The van der Waals surface area contributed by atoms with Gasteiger partial charge in [0.1, 0.15) is 11.4 Å². The number of halogens is 1. The number of ether oxygens (including phenoxy) is 3. The number of hydrogen-bond acceptors (Lipinski definition) is 6. The number of amides is 2. The third-order valence-electron chi connectivity index (χ3n) is 4.81. The zero-order chi connectivity index (χ0) is 22.7. The van der Waals surface area contributed by atoms with Crippen molar-refractivity contribution in [1.82, 2.24) is 4.90 Å². The van der Waals surface area contributed by atoms with Crippen LogP contribution in [0.1, 0.15) is 19.4 Å². The first-order valence-corrected chi connectivity index (χ1v) is 10.1. The van der Waals surface area contributed by atoms with Crippen molar-refractivity contribution in [2.45, 2.75) is 13.8 Å². The van der Waals surface area contributed by atoms with Gasteiger partial charge in [-0.1, -0.05) is 31.5 Å². The van der Waals surface area contributed by atoms with Gasteiger partial charge in [-0.2, -0.15) is 0 Å². The Morgan fingerprint density at radius 2 is 1.55 bits per heavy atom. The number of nitrogens with one attached hydrogen (secondary N) is 1. The van der Waals surface area contributed by atoms with E-state index in [1.54, 1.807) is 36.4 Å². The van der Waals surface area contributed by atoms with Gasteiger partial charge in [-0.05, 0) is 41.8 Å².